The van der Waals surface area contributed by atoms with Crippen LogP contribution in [0.4, 0.5) is 17.1 Å². The van der Waals surface area contributed by atoms with Gasteiger partial charge in [-0.05, 0) is 33.2 Å². The smallest absolute Gasteiger partial charge is 0.164 e. The maximum absolute atomic E-state index is 7.53. The van der Waals surface area contributed by atoms with Gasteiger partial charge in [-0.15, -0.1) is 32.8 Å². The molecule has 0 aliphatic heterocycles. The van der Waals surface area contributed by atoms with Gasteiger partial charge in [0.05, 0.1) is 0 Å². The van der Waals surface area contributed by atoms with Crippen molar-refractivity contribution >= 4 is 358 Å². The molecule has 0 saturated heterocycles. The van der Waals surface area contributed by atoms with Crippen molar-refractivity contribution in [1.29, 1.82) is 0 Å². The van der Waals surface area contributed by atoms with E-state index in [4.69, 9.17) is 19.4 Å². The summed E-state index contributed by atoms with van der Waals surface area (Å²) in [7, 11) is 55.6. The first kappa shape index (κ1) is 57.2. The van der Waals surface area contributed by atoms with E-state index in [1.807, 2.05) is 36.4 Å². The topological polar surface area (TPSA) is 55.1 Å². The lowest BCUT2D eigenvalue weighted by Gasteiger charge is -2.39. The lowest BCUT2D eigenvalue weighted by Crippen LogP contribution is -2.58. The number of fused-ring (bicyclic) bond motifs is 3. The Morgan fingerprint density at radius 1 is 0.237 bits per heavy atom. The van der Waals surface area contributed by atoms with Crippen LogP contribution in [0.25, 0.3) is 78.4 Å². The molecular weight excluding hydrogens is 944 g/mol. The zero-order chi connectivity index (χ0) is 58.1. The Labute approximate surface area is 496 Å². The largest absolute Gasteiger partial charge is 0.457 e. The second-order valence-electron chi connectivity index (χ2n) is 23.8. The van der Waals surface area contributed by atoms with Crippen LogP contribution in [0.1, 0.15) is 0 Å². The van der Waals surface area contributed by atoms with Gasteiger partial charge in [-0.25, -0.2) is 15.0 Å². The molecule has 0 radical (unpaired) electrons. The fourth-order valence-corrected chi connectivity index (χ4v) is 13.9. The van der Waals surface area contributed by atoms with Gasteiger partial charge in [0.25, 0.3) is 0 Å². The van der Waals surface area contributed by atoms with E-state index >= 15 is 0 Å². The molecule has 2 aromatic heterocycles. The maximum atomic E-state index is 7.53. The molecule has 0 amide bonds. The first-order chi connectivity index (χ1) is 37.8. The molecule has 0 atom stereocenters. The van der Waals surface area contributed by atoms with Crippen molar-refractivity contribution in [3.63, 3.8) is 0 Å². The average molecular weight is 1000 g/mol. The molecule has 0 fully saturated rings. The van der Waals surface area contributed by atoms with Gasteiger partial charge in [0, 0.05) is 44.5 Å². The summed E-state index contributed by atoms with van der Waals surface area (Å²) in [5.74, 6) is 1.91. The van der Waals surface area contributed by atoms with Crippen molar-refractivity contribution in [3.05, 3.63) is 60.7 Å². The Kier molecular flexibility index (Phi) is 15.0. The lowest BCUT2D eigenvalue weighted by atomic mass is 9.56. The molecule has 8 aromatic carbocycles. The van der Waals surface area contributed by atoms with Crippen LogP contribution in [0.2, 0.25) is 0 Å². The zero-order valence-electron chi connectivity index (χ0n) is 52.5. The Hall–Kier alpha value is -6.07. The summed E-state index contributed by atoms with van der Waals surface area (Å²) in [6, 6.07) is 20.5. The molecular formula is C51H58B24N4O. The summed E-state index contributed by atoms with van der Waals surface area (Å²) >= 11 is 0. The van der Waals surface area contributed by atoms with Crippen molar-refractivity contribution in [3.8, 4) is 56.4 Å². The van der Waals surface area contributed by atoms with Gasteiger partial charge in [-0.1, -0.05) is 148 Å². The number of rotatable bonds is 8. The lowest BCUT2D eigenvalue weighted by molar-refractivity contribution is 0.674. The van der Waals surface area contributed by atoms with Crippen LogP contribution < -0.4 is 136 Å². The van der Waals surface area contributed by atoms with Crippen molar-refractivity contribution in [1.82, 2.24) is 15.0 Å². The third kappa shape index (κ3) is 8.53. The van der Waals surface area contributed by atoms with Crippen molar-refractivity contribution < 1.29 is 4.42 Å². The van der Waals surface area contributed by atoms with Crippen LogP contribution in [-0.2, 0) is 0 Å². The monoisotopic (exact) mass is 1010 g/mol. The second-order valence-corrected chi connectivity index (χ2v) is 23.8. The minimum Gasteiger partial charge on any atom is -0.457 e. The summed E-state index contributed by atoms with van der Waals surface area (Å²) < 4.78 is 7.53. The Morgan fingerprint density at radius 2 is 0.487 bits per heavy atom. The Morgan fingerprint density at radius 3 is 0.838 bits per heavy atom. The SMILES string of the molecule is Bc1c(B)c(B)c(-c2c(B)c(B)c(N(c3c(B)c(B)c(-c4c(B)c(B)c(B)c(B)c4B)c(B)c3B)c3c(B)c(B)c4c(oc5c(B)c(-c6nc(-c7ccccc7)nc(-c7ccccc7)n6)c(B)c(B)c54)c3B)c(B)c2B)c(B)c1B. The van der Waals surface area contributed by atoms with Gasteiger partial charge >= 0.3 is 0 Å². The molecule has 0 unspecified atom stereocenters. The molecule has 0 aliphatic rings. The minimum absolute atomic E-state index is 0.637. The number of benzene rings is 8. The van der Waals surface area contributed by atoms with Crippen LogP contribution >= 0.6 is 0 Å². The van der Waals surface area contributed by atoms with E-state index in [-0.39, 0.29) is 0 Å². The summed E-state index contributed by atoms with van der Waals surface area (Å²) in [6.45, 7) is 0. The number of furan rings is 1. The summed E-state index contributed by atoms with van der Waals surface area (Å²) in [6.07, 6.45) is 0. The summed E-state index contributed by atoms with van der Waals surface area (Å²) in [5, 5.41) is 2.32. The van der Waals surface area contributed by atoms with E-state index in [0.717, 1.165) is 60.8 Å². The number of hydrogen-bond acceptors (Lipinski definition) is 5. The quantitative estimate of drug-likeness (QED) is 0.142. The molecule has 10 rings (SSSR count). The second kappa shape index (κ2) is 21.0. The van der Waals surface area contributed by atoms with Crippen molar-refractivity contribution in [2.24, 2.45) is 0 Å². The highest BCUT2D eigenvalue weighted by Crippen LogP contribution is 2.33. The zero-order valence-corrected chi connectivity index (χ0v) is 52.5. The number of anilines is 3. The number of aromatic nitrogens is 3. The van der Waals surface area contributed by atoms with Crippen LogP contribution in [0.3, 0.4) is 0 Å². The number of nitrogens with zero attached hydrogens (tertiary/aromatic N) is 4. The predicted molar refractivity (Wildman–Crippen MR) is 425 cm³/mol. The first-order valence-corrected chi connectivity index (χ1v) is 28.7. The molecule has 360 valence electrons. The summed E-state index contributed by atoms with van der Waals surface area (Å²) in [5.41, 5.74) is 44.7. The van der Waals surface area contributed by atoms with Crippen LogP contribution in [-0.4, -0.2) is 203 Å². The van der Waals surface area contributed by atoms with Gasteiger partial charge in [0.1, 0.15) is 199 Å². The van der Waals surface area contributed by atoms with Crippen LogP contribution in [0.15, 0.2) is 65.1 Å². The van der Waals surface area contributed by atoms with E-state index in [1.165, 1.54) is 148 Å². The van der Waals surface area contributed by atoms with Crippen molar-refractivity contribution in [2.45, 2.75) is 0 Å². The molecule has 10 aromatic rings. The summed E-state index contributed by atoms with van der Waals surface area (Å²) in [4.78, 5) is 18.3. The standard InChI is InChI=1S/C51H58B24N4O/c52-20-13(21(53)33(65)36(68)32(20)64)15-24(56)38(70)44(39(71)25(15)57)79(45-40(72)26(58)16(27(59)41(45)73)14-22(54)34(66)37(69)35(67)23(14)55)46-42(74)29(61)18-17-28(60)30(62)19(31(63)47(17)80-48(18)43(46)75)51-77-49(11-7-3-1-4-8-11)76-50(78-51)12-9-5-2-6-10-12/h1-10H,52-75H2. The van der Waals surface area contributed by atoms with E-state index < -0.39 is 0 Å². The third-order valence-corrected chi connectivity index (χ3v) is 20.2. The molecule has 80 heavy (non-hydrogen) atoms. The van der Waals surface area contributed by atoms with E-state index in [0.29, 0.717) is 17.5 Å². The minimum atomic E-state index is 0.637. The van der Waals surface area contributed by atoms with Gasteiger partial charge < -0.3 is 9.32 Å². The molecule has 0 saturated carbocycles. The first-order valence-electron chi connectivity index (χ1n) is 28.7. The third-order valence-electron chi connectivity index (χ3n) is 20.2. The molecule has 0 bridgehead atoms. The van der Waals surface area contributed by atoms with E-state index in [9.17, 15) is 0 Å². The molecule has 2 heterocycles. The fourth-order valence-electron chi connectivity index (χ4n) is 13.9. The van der Waals surface area contributed by atoms with Crippen molar-refractivity contribution in [2.75, 3.05) is 4.90 Å². The highest BCUT2D eigenvalue weighted by atomic mass is 16.3. The Bertz CT molecular complexity index is 4060. The molecule has 0 aliphatic carbocycles. The molecule has 5 nitrogen and oxygen atoms in total. The highest BCUT2D eigenvalue weighted by Gasteiger charge is 2.33. The number of hydrogen-bond donors (Lipinski definition) is 0. The van der Waals surface area contributed by atoms with E-state index in [2.05, 4.69) is 217 Å². The van der Waals surface area contributed by atoms with Crippen LogP contribution in [0, 0.1) is 0 Å². The van der Waals surface area contributed by atoms with Gasteiger partial charge in [-0.3, -0.25) is 0 Å². The average Bonchev–Trinajstić information content (AvgIpc) is 3.98. The van der Waals surface area contributed by atoms with Gasteiger partial charge in [-0.2, -0.15) is 0 Å². The Balaban J connectivity index is 1.31. The van der Waals surface area contributed by atoms with Gasteiger partial charge in [0.15, 0.2) is 17.5 Å². The van der Waals surface area contributed by atoms with Crippen LogP contribution in [0.5, 0.6) is 0 Å². The van der Waals surface area contributed by atoms with E-state index in [1.54, 1.807) is 0 Å². The normalized spacial score (nSPS) is 11.4. The maximum Gasteiger partial charge on any atom is 0.164 e. The molecule has 0 N–H and O–H groups in total. The van der Waals surface area contributed by atoms with Gasteiger partial charge in [0.2, 0.25) is 0 Å². The predicted octanol–water partition coefficient (Wildman–Crippen LogP) is -28.2. The molecule has 29 heteroatoms. The fraction of sp³-hybridized carbons (Fsp3) is 0. The molecule has 0 spiro atoms. The highest BCUT2D eigenvalue weighted by molar-refractivity contribution is 6.74.